The third-order valence-corrected chi connectivity index (χ3v) is 4.19. The Labute approximate surface area is 141 Å². The summed E-state index contributed by atoms with van der Waals surface area (Å²) in [6.45, 7) is 2.47. The maximum atomic E-state index is 12.2. The number of benzene rings is 1. The van der Waals surface area contributed by atoms with Crippen LogP contribution >= 0.6 is 11.6 Å². The number of nitrogens with two attached hydrogens (primary N) is 1. The smallest absolute Gasteiger partial charge is 0.317 e. The van der Waals surface area contributed by atoms with Crippen molar-refractivity contribution in [2.75, 3.05) is 26.2 Å². The third-order valence-electron chi connectivity index (χ3n) is 3.95. The maximum Gasteiger partial charge on any atom is 0.317 e. The minimum absolute atomic E-state index is 0.0594. The molecule has 1 aromatic carbocycles. The summed E-state index contributed by atoms with van der Waals surface area (Å²) in [6, 6.07) is 7.05. The van der Waals surface area contributed by atoms with E-state index in [2.05, 4.69) is 10.6 Å². The first-order chi connectivity index (χ1) is 11.0. The molecule has 0 bridgehead atoms. The molecule has 1 aliphatic rings. The van der Waals surface area contributed by atoms with E-state index in [1.165, 1.54) is 0 Å². The molecule has 23 heavy (non-hydrogen) atoms. The fourth-order valence-corrected chi connectivity index (χ4v) is 2.99. The summed E-state index contributed by atoms with van der Waals surface area (Å²) in [5.41, 5.74) is 6.18. The summed E-state index contributed by atoms with van der Waals surface area (Å²) in [4.78, 5) is 24.8. The fourth-order valence-electron chi connectivity index (χ4n) is 2.78. The van der Waals surface area contributed by atoms with Crippen LogP contribution in [-0.2, 0) is 6.42 Å². The molecular formula is C16H23ClN4O2. The Bertz CT molecular complexity index is 553. The van der Waals surface area contributed by atoms with Gasteiger partial charge in [0.25, 0.3) is 0 Å². The van der Waals surface area contributed by atoms with E-state index in [0.717, 1.165) is 31.4 Å². The van der Waals surface area contributed by atoms with E-state index in [9.17, 15) is 9.59 Å². The first-order valence-corrected chi connectivity index (χ1v) is 8.23. The van der Waals surface area contributed by atoms with Crippen LogP contribution in [-0.4, -0.2) is 43.1 Å². The number of piperidine rings is 1. The SMILES string of the molecule is NC(=O)NC[C@@H]1CCCN(C(=O)NCCc2cccc(Cl)c2)C1. The van der Waals surface area contributed by atoms with E-state index in [1.807, 2.05) is 24.3 Å². The van der Waals surface area contributed by atoms with E-state index in [4.69, 9.17) is 17.3 Å². The Hall–Kier alpha value is -1.95. The summed E-state index contributed by atoms with van der Waals surface area (Å²) in [6.07, 6.45) is 2.67. The molecular weight excluding hydrogens is 316 g/mol. The zero-order valence-electron chi connectivity index (χ0n) is 13.1. The van der Waals surface area contributed by atoms with Gasteiger partial charge in [-0.1, -0.05) is 23.7 Å². The quantitative estimate of drug-likeness (QED) is 0.766. The summed E-state index contributed by atoms with van der Waals surface area (Å²) in [7, 11) is 0. The van der Waals surface area contributed by atoms with Gasteiger partial charge < -0.3 is 21.3 Å². The van der Waals surface area contributed by atoms with Crippen molar-refractivity contribution in [1.82, 2.24) is 15.5 Å². The number of urea groups is 2. The zero-order chi connectivity index (χ0) is 16.7. The monoisotopic (exact) mass is 338 g/mol. The number of primary amides is 1. The van der Waals surface area contributed by atoms with Gasteiger partial charge in [0, 0.05) is 31.2 Å². The molecule has 1 saturated heterocycles. The number of carbonyl (C=O) groups is 2. The average Bonchev–Trinajstić information content (AvgIpc) is 2.53. The number of hydrogen-bond acceptors (Lipinski definition) is 2. The second kappa shape index (κ2) is 8.62. The van der Waals surface area contributed by atoms with Gasteiger partial charge in [-0.25, -0.2) is 9.59 Å². The Balaban J connectivity index is 1.73. The van der Waals surface area contributed by atoms with Crippen molar-refractivity contribution in [1.29, 1.82) is 0 Å². The third kappa shape index (κ3) is 5.98. The lowest BCUT2D eigenvalue weighted by Gasteiger charge is -2.32. The Morgan fingerprint density at radius 2 is 2.17 bits per heavy atom. The van der Waals surface area contributed by atoms with E-state index in [-0.39, 0.29) is 11.9 Å². The van der Waals surface area contributed by atoms with Crippen molar-refractivity contribution >= 4 is 23.7 Å². The molecule has 4 amide bonds. The first kappa shape index (κ1) is 17.4. The molecule has 0 spiro atoms. The number of nitrogens with one attached hydrogen (secondary N) is 2. The van der Waals surface area contributed by atoms with Gasteiger partial charge in [-0.2, -0.15) is 0 Å². The van der Waals surface area contributed by atoms with Gasteiger partial charge in [-0.05, 0) is 42.9 Å². The first-order valence-electron chi connectivity index (χ1n) is 7.85. The van der Waals surface area contributed by atoms with Crippen molar-refractivity contribution in [3.05, 3.63) is 34.9 Å². The molecule has 7 heteroatoms. The van der Waals surface area contributed by atoms with Gasteiger partial charge >= 0.3 is 12.1 Å². The Morgan fingerprint density at radius 1 is 1.35 bits per heavy atom. The van der Waals surface area contributed by atoms with Crippen LogP contribution in [0.15, 0.2) is 24.3 Å². The van der Waals surface area contributed by atoms with Gasteiger partial charge in [-0.3, -0.25) is 0 Å². The predicted octanol–water partition coefficient (Wildman–Crippen LogP) is 1.97. The van der Waals surface area contributed by atoms with Crippen molar-refractivity contribution in [2.24, 2.45) is 11.7 Å². The molecule has 0 radical (unpaired) electrons. The molecule has 1 aromatic rings. The molecule has 0 aliphatic carbocycles. The molecule has 0 aromatic heterocycles. The molecule has 126 valence electrons. The maximum absolute atomic E-state index is 12.2. The van der Waals surface area contributed by atoms with Crippen molar-refractivity contribution in [3.8, 4) is 0 Å². The van der Waals surface area contributed by atoms with Crippen molar-refractivity contribution < 1.29 is 9.59 Å². The van der Waals surface area contributed by atoms with Crippen LogP contribution in [0.3, 0.4) is 0 Å². The topological polar surface area (TPSA) is 87.5 Å². The van der Waals surface area contributed by atoms with Crippen LogP contribution in [0.1, 0.15) is 18.4 Å². The molecule has 1 fully saturated rings. The van der Waals surface area contributed by atoms with Crippen LogP contribution in [0.5, 0.6) is 0 Å². The predicted molar refractivity (Wildman–Crippen MR) is 90.4 cm³/mol. The summed E-state index contributed by atoms with van der Waals surface area (Å²) in [5, 5.41) is 6.25. The van der Waals surface area contributed by atoms with Crippen LogP contribution in [0.2, 0.25) is 5.02 Å². The van der Waals surface area contributed by atoms with Crippen molar-refractivity contribution in [3.63, 3.8) is 0 Å². The molecule has 1 aliphatic heterocycles. The van der Waals surface area contributed by atoms with Crippen LogP contribution < -0.4 is 16.4 Å². The van der Waals surface area contributed by atoms with E-state index >= 15 is 0 Å². The highest BCUT2D eigenvalue weighted by Gasteiger charge is 2.23. The number of amides is 4. The lowest BCUT2D eigenvalue weighted by atomic mass is 9.98. The summed E-state index contributed by atoms with van der Waals surface area (Å²) in [5.74, 6) is 0.259. The molecule has 1 atom stereocenters. The zero-order valence-corrected chi connectivity index (χ0v) is 13.8. The highest BCUT2D eigenvalue weighted by molar-refractivity contribution is 6.30. The molecule has 4 N–H and O–H groups in total. The van der Waals surface area contributed by atoms with E-state index in [1.54, 1.807) is 4.90 Å². The molecule has 2 rings (SSSR count). The van der Waals surface area contributed by atoms with Crippen LogP contribution in [0.4, 0.5) is 9.59 Å². The molecule has 0 unspecified atom stereocenters. The van der Waals surface area contributed by atoms with E-state index < -0.39 is 6.03 Å². The minimum atomic E-state index is -0.520. The molecule has 6 nitrogen and oxygen atoms in total. The summed E-state index contributed by atoms with van der Waals surface area (Å²) < 4.78 is 0. The van der Waals surface area contributed by atoms with E-state index in [0.29, 0.717) is 24.7 Å². The average molecular weight is 339 g/mol. The largest absolute Gasteiger partial charge is 0.352 e. The Kier molecular flexibility index (Phi) is 6.52. The second-order valence-corrected chi connectivity index (χ2v) is 6.25. The number of likely N-dealkylation sites (tertiary alicyclic amines) is 1. The Morgan fingerprint density at radius 3 is 2.91 bits per heavy atom. The molecule has 1 heterocycles. The van der Waals surface area contributed by atoms with Gasteiger partial charge in [0.2, 0.25) is 0 Å². The van der Waals surface area contributed by atoms with Gasteiger partial charge in [0.1, 0.15) is 0 Å². The number of nitrogens with zero attached hydrogens (tertiary/aromatic N) is 1. The normalized spacial score (nSPS) is 17.6. The lowest BCUT2D eigenvalue weighted by Crippen LogP contribution is -2.48. The van der Waals surface area contributed by atoms with Gasteiger partial charge in [-0.15, -0.1) is 0 Å². The highest BCUT2D eigenvalue weighted by Crippen LogP contribution is 2.16. The highest BCUT2D eigenvalue weighted by atomic mass is 35.5. The standard InChI is InChI=1S/C16H23ClN4O2/c17-14-5-1-3-12(9-14)6-7-19-16(23)21-8-2-4-13(11-21)10-20-15(18)22/h1,3,5,9,13H,2,4,6-8,10-11H2,(H,19,23)(H3,18,20,22)/t13-/m0/s1. The minimum Gasteiger partial charge on any atom is -0.352 e. The van der Waals surface area contributed by atoms with Gasteiger partial charge in [0.05, 0.1) is 0 Å². The number of carbonyl (C=O) groups excluding carboxylic acids is 2. The lowest BCUT2D eigenvalue weighted by molar-refractivity contribution is 0.165. The molecule has 0 saturated carbocycles. The van der Waals surface area contributed by atoms with Crippen LogP contribution in [0, 0.1) is 5.92 Å². The summed E-state index contributed by atoms with van der Waals surface area (Å²) >= 11 is 5.94. The van der Waals surface area contributed by atoms with Gasteiger partial charge in [0.15, 0.2) is 0 Å². The number of rotatable bonds is 5. The van der Waals surface area contributed by atoms with Crippen molar-refractivity contribution in [2.45, 2.75) is 19.3 Å². The second-order valence-electron chi connectivity index (χ2n) is 5.81. The number of hydrogen-bond donors (Lipinski definition) is 3. The fraction of sp³-hybridized carbons (Fsp3) is 0.500. The van der Waals surface area contributed by atoms with Crippen LogP contribution in [0.25, 0.3) is 0 Å². The number of halogens is 1.